The number of carboxylic acids is 1. The van der Waals surface area contributed by atoms with Crippen molar-refractivity contribution in [1.29, 1.82) is 0 Å². The van der Waals surface area contributed by atoms with E-state index in [4.69, 9.17) is 23.7 Å². The third kappa shape index (κ3) is 7.80. The Kier molecular flexibility index (Phi) is 13.5. The van der Waals surface area contributed by atoms with Crippen LogP contribution < -0.4 is 5.32 Å². The van der Waals surface area contributed by atoms with Gasteiger partial charge in [-0.2, -0.15) is 0 Å². The Morgan fingerprint density at radius 1 is 0.931 bits per heavy atom. The Balaban J connectivity index is 1.22. The summed E-state index contributed by atoms with van der Waals surface area (Å²) in [7, 11) is 4.12. The third-order valence-electron chi connectivity index (χ3n) is 16.1. The lowest BCUT2D eigenvalue weighted by Crippen LogP contribution is -2.62. The molecule has 6 rings (SSSR count). The first-order valence-electron chi connectivity index (χ1n) is 22.8. The van der Waals surface area contributed by atoms with Gasteiger partial charge in [-0.15, -0.1) is 0 Å². The maximum atomic E-state index is 14.6. The average Bonchev–Trinajstić information content (AvgIpc) is 3.53. The number of ketones is 1. The molecule has 1 saturated carbocycles. The van der Waals surface area contributed by atoms with E-state index < -0.39 is 70.4 Å². The smallest absolute Gasteiger partial charge is 0.309 e. The highest BCUT2D eigenvalue weighted by atomic mass is 16.8. The maximum Gasteiger partial charge on any atom is 0.309 e. The standard InChI is InChI=1S/C46H78N2O10/c1-13-32(41(51)52)34-17-16-26(4)39(55-34)30(8)37(49)29(7)38(50)33(14-2)40-27(5)24-28(6)45(56-40)21-20-44(47-22-23-48(11)12)35-25-42(10,57-46(35,44)58-45)36-18-19-43(53,15-3)31(9)54-36/h20-21,26-37,39-40,47,49,53H,13-19,22-25H2,1-12H3,(H,51,52)/t26-,27-,28+,29-,30-,31-,32+,33-,34+,35?,36+,37+,39+,40-,42-,43+,44-,45?,46-/m0/s1. The zero-order valence-corrected chi connectivity index (χ0v) is 37.7. The predicted octanol–water partition coefficient (Wildman–Crippen LogP) is 5.96. The summed E-state index contributed by atoms with van der Waals surface area (Å²) in [4.78, 5) is 28.8. The highest BCUT2D eigenvalue weighted by Gasteiger charge is 2.87. The highest BCUT2D eigenvalue weighted by Crippen LogP contribution is 2.72. The summed E-state index contributed by atoms with van der Waals surface area (Å²) in [6.45, 7) is 21.7. The predicted molar refractivity (Wildman–Crippen MR) is 221 cm³/mol. The number of nitrogens with zero attached hydrogens (tertiary/aromatic N) is 1. The first-order chi connectivity index (χ1) is 27.2. The summed E-state index contributed by atoms with van der Waals surface area (Å²) in [6, 6.07) is 0. The van der Waals surface area contributed by atoms with Gasteiger partial charge in [-0.05, 0) is 104 Å². The van der Waals surface area contributed by atoms with Crippen molar-refractivity contribution in [3.63, 3.8) is 0 Å². The maximum absolute atomic E-state index is 14.6. The van der Waals surface area contributed by atoms with Crippen LogP contribution in [0.1, 0.15) is 127 Å². The zero-order valence-electron chi connectivity index (χ0n) is 37.7. The monoisotopic (exact) mass is 819 g/mol. The van der Waals surface area contributed by atoms with Crippen LogP contribution in [0.3, 0.4) is 0 Å². The summed E-state index contributed by atoms with van der Waals surface area (Å²) >= 11 is 0. The molecule has 5 heterocycles. The van der Waals surface area contributed by atoms with E-state index >= 15 is 0 Å². The quantitative estimate of drug-likeness (QED) is 0.136. The normalized spacial score (nSPS) is 46.2. The summed E-state index contributed by atoms with van der Waals surface area (Å²) in [5.41, 5.74) is -2.01. The summed E-state index contributed by atoms with van der Waals surface area (Å²) in [5.74, 6) is -5.01. The van der Waals surface area contributed by atoms with E-state index in [1.165, 1.54) is 0 Å². The van der Waals surface area contributed by atoms with Gasteiger partial charge in [-0.3, -0.25) is 9.59 Å². The molecule has 5 aliphatic heterocycles. The SMILES string of the molecule is CC[C@@H](C(=O)[C@@H](C)[C@@H](O)[C@H](C)[C@@H]1O[C@@H]([C@@H](CC)C(=O)O)CC[C@@H]1C)[C@H]1OC2(C=C[C@]3(NCCN(C)C)C4C[C@@](C)([C@H]5CC[C@](O)(CC)[C@H](C)O5)O[C@]43O2)[C@H](C)C[C@@H]1C. The molecule has 1 aliphatic carbocycles. The van der Waals surface area contributed by atoms with Crippen molar-refractivity contribution in [2.75, 3.05) is 27.2 Å². The number of hydrogen-bond acceptors (Lipinski definition) is 11. The van der Waals surface area contributed by atoms with E-state index in [0.717, 1.165) is 32.4 Å². The fourth-order valence-corrected chi connectivity index (χ4v) is 12.0. The number of ether oxygens (including phenoxy) is 5. The van der Waals surface area contributed by atoms with Crippen LogP contribution in [-0.2, 0) is 33.3 Å². The first-order valence-corrected chi connectivity index (χ1v) is 22.8. The van der Waals surface area contributed by atoms with Crippen LogP contribution in [0.25, 0.3) is 0 Å². The number of Topliss-reactive ketones (excluding diaryl/α,β-unsaturated/α-hetero) is 1. The molecule has 6 aliphatic rings. The molecule has 0 aromatic heterocycles. The number of hydrogen-bond donors (Lipinski definition) is 4. The number of aliphatic carboxylic acids is 1. The van der Waals surface area contributed by atoms with E-state index in [-0.39, 0.29) is 53.7 Å². The summed E-state index contributed by atoms with van der Waals surface area (Å²) in [5, 5.41) is 36.7. The number of carbonyl (C=O) groups excluding carboxylic acids is 1. The number of nitrogens with one attached hydrogen (secondary N) is 1. The molecular formula is C46H78N2O10. The lowest BCUT2D eigenvalue weighted by atomic mass is 9.72. The van der Waals surface area contributed by atoms with Gasteiger partial charge < -0.3 is 49.2 Å². The van der Waals surface area contributed by atoms with Crippen molar-refractivity contribution < 1.29 is 48.6 Å². The molecule has 2 unspecified atom stereocenters. The molecule has 332 valence electrons. The third-order valence-corrected chi connectivity index (χ3v) is 16.1. The molecule has 0 amide bonds. The van der Waals surface area contributed by atoms with E-state index in [1.54, 1.807) is 0 Å². The van der Waals surface area contributed by atoms with Gasteiger partial charge in [0.2, 0.25) is 0 Å². The second-order valence-corrected chi connectivity index (χ2v) is 20.2. The Morgan fingerprint density at radius 2 is 1.62 bits per heavy atom. The number of aliphatic hydroxyl groups excluding tert-OH is 1. The number of carbonyl (C=O) groups is 2. The molecule has 0 aromatic carbocycles. The van der Waals surface area contributed by atoms with Gasteiger partial charge in [-0.1, -0.05) is 61.5 Å². The molecule has 0 aromatic rings. The van der Waals surface area contributed by atoms with Crippen LogP contribution in [0.15, 0.2) is 12.2 Å². The van der Waals surface area contributed by atoms with Gasteiger partial charge >= 0.3 is 5.97 Å². The fraction of sp³-hybridized carbons (Fsp3) is 0.913. The topological polar surface area (TPSA) is 156 Å². The Bertz CT molecular complexity index is 1510. The molecule has 58 heavy (non-hydrogen) atoms. The highest BCUT2D eigenvalue weighted by molar-refractivity contribution is 5.84. The van der Waals surface area contributed by atoms with Gasteiger partial charge in [0.05, 0.1) is 53.7 Å². The van der Waals surface area contributed by atoms with Crippen molar-refractivity contribution in [1.82, 2.24) is 10.2 Å². The van der Waals surface area contributed by atoms with Crippen LogP contribution in [0, 0.1) is 47.3 Å². The van der Waals surface area contributed by atoms with Gasteiger partial charge in [0.1, 0.15) is 11.3 Å². The second-order valence-electron chi connectivity index (χ2n) is 20.2. The van der Waals surface area contributed by atoms with E-state index in [1.807, 2.05) is 41.5 Å². The molecule has 12 heteroatoms. The van der Waals surface area contributed by atoms with Crippen LogP contribution in [-0.4, -0.2) is 124 Å². The van der Waals surface area contributed by atoms with Gasteiger partial charge in [0.15, 0.2) is 11.6 Å². The zero-order chi connectivity index (χ0) is 42.7. The van der Waals surface area contributed by atoms with E-state index in [9.17, 15) is 24.9 Å². The molecule has 12 nitrogen and oxygen atoms in total. The van der Waals surface area contributed by atoms with Crippen molar-refractivity contribution in [2.24, 2.45) is 47.3 Å². The molecular weight excluding hydrogens is 741 g/mol. The number of fused-ring (bicyclic) bond motifs is 1. The second kappa shape index (κ2) is 17.0. The Labute approximate surface area is 348 Å². The lowest BCUT2D eigenvalue weighted by molar-refractivity contribution is -0.376. The van der Waals surface area contributed by atoms with Crippen molar-refractivity contribution in [3.05, 3.63) is 12.2 Å². The average molecular weight is 819 g/mol. The minimum atomic E-state index is -1.13. The minimum Gasteiger partial charge on any atom is -0.481 e. The largest absolute Gasteiger partial charge is 0.481 e. The number of aliphatic hydroxyl groups is 2. The Hall–Kier alpha value is -1.48. The Morgan fingerprint density at radius 3 is 2.22 bits per heavy atom. The summed E-state index contributed by atoms with van der Waals surface area (Å²) < 4.78 is 34.9. The van der Waals surface area contributed by atoms with Crippen molar-refractivity contribution >= 4 is 11.8 Å². The van der Waals surface area contributed by atoms with E-state index in [2.05, 4.69) is 64.2 Å². The van der Waals surface area contributed by atoms with Crippen LogP contribution >= 0.6 is 0 Å². The number of rotatable bonds is 16. The minimum absolute atomic E-state index is 0.00893. The molecule has 5 fully saturated rings. The van der Waals surface area contributed by atoms with Gasteiger partial charge in [0.25, 0.3) is 0 Å². The number of carboxylic acid groups (broad SMARTS) is 1. The first kappa shape index (κ1) is 46.0. The lowest BCUT2D eigenvalue weighted by Gasteiger charge is -2.53. The van der Waals surface area contributed by atoms with Crippen molar-refractivity contribution in [3.8, 4) is 0 Å². The van der Waals surface area contributed by atoms with Crippen LogP contribution in [0.4, 0.5) is 0 Å². The summed E-state index contributed by atoms with van der Waals surface area (Å²) in [6.07, 6.45) is 7.57. The molecule has 19 atom stereocenters. The fourth-order valence-electron chi connectivity index (χ4n) is 12.0. The molecule has 0 radical (unpaired) electrons. The van der Waals surface area contributed by atoms with E-state index in [0.29, 0.717) is 38.5 Å². The molecule has 4 N–H and O–H groups in total. The van der Waals surface area contributed by atoms with Crippen LogP contribution in [0.5, 0.6) is 0 Å². The molecule has 0 bridgehead atoms. The van der Waals surface area contributed by atoms with Gasteiger partial charge in [0, 0.05) is 42.7 Å². The number of likely N-dealkylation sites (N-methyl/N-ethyl adjacent to an activating group) is 1. The molecule has 2 spiro atoms. The van der Waals surface area contributed by atoms with Crippen molar-refractivity contribution in [2.45, 2.75) is 192 Å². The molecule has 4 saturated heterocycles. The van der Waals surface area contributed by atoms with Crippen LogP contribution in [0.2, 0.25) is 0 Å². The van der Waals surface area contributed by atoms with Gasteiger partial charge in [-0.25, -0.2) is 0 Å².